The molecule has 0 amide bonds. The molecule has 2 nitrogen and oxygen atoms in total. The Morgan fingerprint density at radius 2 is 1.94 bits per heavy atom. The molecule has 0 heterocycles. The van der Waals surface area contributed by atoms with Gasteiger partial charge in [-0.25, -0.2) is 4.79 Å². The summed E-state index contributed by atoms with van der Waals surface area (Å²) in [5, 5.41) is 0. The molecule has 0 radical (unpaired) electrons. The summed E-state index contributed by atoms with van der Waals surface area (Å²) in [5.74, 6) is 0.811. The minimum absolute atomic E-state index is 0.327. The van der Waals surface area contributed by atoms with Crippen molar-refractivity contribution in [1.82, 2.24) is 0 Å². The minimum atomic E-state index is -0.327. The van der Waals surface area contributed by atoms with Crippen LogP contribution in [0.25, 0.3) is 0 Å². The zero-order chi connectivity index (χ0) is 12.0. The minimum Gasteiger partial charge on any atom is -0.423 e. The molecular weight excluding hydrogens is 200 g/mol. The smallest absolute Gasteiger partial charge is 0.338 e. The maximum atomic E-state index is 11.6. The number of para-hydroxylation sites is 1. The highest BCUT2D eigenvalue weighted by Crippen LogP contribution is 2.14. The molecule has 0 spiro atoms. The van der Waals surface area contributed by atoms with Crippen molar-refractivity contribution < 1.29 is 9.53 Å². The van der Waals surface area contributed by atoms with Crippen molar-refractivity contribution in [2.45, 2.75) is 26.7 Å². The van der Waals surface area contributed by atoms with Gasteiger partial charge in [-0.2, -0.15) is 0 Å². The van der Waals surface area contributed by atoms with Crippen LogP contribution >= 0.6 is 0 Å². The van der Waals surface area contributed by atoms with Gasteiger partial charge in [-0.3, -0.25) is 0 Å². The average Bonchev–Trinajstić information content (AvgIpc) is 2.27. The molecule has 1 aromatic carbocycles. The maximum Gasteiger partial charge on any atom is 0.338 e. The van der Waals surface area contributed by atoms with Gasteiger partial charge in [-0.05, 0) is 30.9 Å². The van der Waals surface area contributed by atoms with E-state index in [1.807, 2.05) is 18.2 Å². The number of carbonyl (C=O) groups excluding carboxylic acids is 1. The first-order valence-electron chi connectivity index (χ1n) is 5.54. The summed E-state index contributed by atoms with van der Waals surface area (Å²) < 4.78 is 5.17. The van der Waals surface area contributed by atoms with Crippen molar-refractivity contribution in [2.75, 3.05) is 0 Å². The summed E-state index contributed by atoms with van der Waals surface area (Å²) in [6.45, 7) is 7.99. The molecule has 86 valence electrons. The van der Waals surface area contributed by atoms with E-state index in [4.69, 9.17) is 4.74 Å². The number of carbonyl (C=O) groups is 1. The molecule has 2 heteroatoms. The van der Waals surface area contributed by atoms with Gasteiger partial charge in [0, 0.05) is 5.57 Å². The van der Waals surface area contributed by atoms with Crippen LogP contribution in [0.1, 0.15) is 26.7 Å². The Morgan fingerprint density at radius 1 is 1.31 bits per heavy atom. The van der Waals surface area contributed by atoms with Crippen molar-refractivity contribution in [3.63, 3.8) is 0 Å². The zero-order valence-corrected chi connectivity index (χ0v) is 9.90. The van der Waals surface area contributed by atoms with Crippen LogP contribution in [0.3, 0.4) is 0 Å². The largest absolute Gasteiger partial charge is 0.423 e. The van der Waals surface area contributed by atoms with Gasteiger partial charge in [-0.1, -0.05) is 38.6 Å². The highest BCUT2D eigenvalue weighted by atomic mass is 16.5. The Hall–Kier alpha value is -1.57. The third kappa shape index (κ3) is 4.30. The predicted octanol–water partition coefficient (Wildman–Crippen LogP) is 3.58. The Morgan fingerprint density at radius 3 is 2.50 bits per heavy atom. The van der Waals surface area contributed by atoms with Crippen molar-refractivity contribution in [1.29, 1.82) is 0 Å². The Kier molecular flexibility index (Phi) is 4.77. The molecule has 0 unspecified atom stereocenters. The van der Waals surface area contributed by atoms with Crippen LogP contribution < -0.4 is 4.74 Å². The Balaban J connectivity index is 2.44. The summed E-state index contributed by atoms with van der Waals surface area (Å²) in [4.78, 5) is 11.6. The van der Waals surface area contributed by atoms with Crippen LogP contribution in [0.4, 0.5) is 0 Å². The Bertz CT molecular complexity index is 352. The van der Waals surface area contributed by atoms with Gasteiger partial charge in [0.05, 0.1) is 0 Å². The van der Waals surface area contributed by atoms with Crippen molar-refractivity contribution in [3.05, 3.63) is 42.5 Å². The van der Waals surface area contributed by atoms with E-state index in [2.05, 4.69) is 20.4 Å². The molecule has 0 fully saturated rings. The highest BCUT2D eigenvalue weighted by molar-refractivity contribution is 5.89. The van der Waals surface area contributed by atoms with Crippen LogP contribution in [-0.4, -0.2) is 5.97 Å². The second-order valence-corrected chi connectivity index (χ2v) is 4.24. The summed E-state index contributed by atoms with van der Waals surface area (Å²) in [7, 11) is 0. The lowest BCUT2D eigenvalue weighted by molar-refractivity contribution is -0.130. The van der Waals surface area contributed by atoms with Gasteiger partial charge in [0.25, 0.3) is 0 Å². The van der Waals surface area contributed by atoms with E-state index in [1.165, 1.54) is 0 Å². The summed E-state index contributed by atoms with van der Waals surface area (Å²) >= 11 is 0. The first kappa shape index (κ1) is 12.5. The van der Waals surface area contributed by atoms with Crippen LogP contribution in [-0.2, 0) is 4.79 Å². The molecule has 1 aromatic rings. The van der Waals surface area contributed by atoms with E-state index < -0.39 is 0 Å². The van der Waals surface area contributed by atoms with E-state index in [9.17, 15) is 4.79 Å². The van der Waals surface area contributed by atoms with Gasteiger partial charge in [0.15, 0.2) is 0 Å². The molecular formula is C14H18O2. The molecule has 0 saturated carbocycles. The van der Waals surface area contributed by atoms with Gasteiger partial charge >= 0.3 is 5.97 Å². The van der Waals surface area contributed by atoms with E-state index in [0.717, 1.165) is 6.42 Å². The first-order chi connectivity index (χ1) is 7.59. The molecule has 0 aliphatic carbocycles. The third-order valence-electron chi connectivity index (χ3n) is 2.27. The zero-order valence-electron chi connectivity index (χ0n) is 9.90. The first-order valence-corrected chi connectivity index (χ1v) is 5.54. The average molecular weight is 218 g/mol. The third-order valence-corrected chi connectivity index (χ3v) is 2.27. The SMILES string of the molecule is C=C(CCC(C)C)C(=O)Oc1ccccc1. The van der Waals surface area contributed by atoms with Crippen molar-refractivity contribution in [3.8, 4) is 5.75 Å². The fourth-order valence-electron chi connectivity index (χ4n) is 1.23. The van der Waals surface area contributed by atoms with E-state index in [1.54, 1.807) is 12.1 Å². The van der Waals surface area contributed by atoms with Crippen molar-refractivity contribution >= 4 is 5.97 Å². The van der Waals surface area contributed by atoms with Gasteiger partial charge in [0.1, 0.15) is 5.75 Å². The van der Waals surface area contributed by atoms with Crippen LogP contribution in [0.2, 0.25) is 0 Å². The lowest BCUT2D eigenvalue weighted by atomic mass is 10.0. The molecule has 1 rings (SSSR count). The van der Waals surface area contributed by atoms with Crippen molar-refractivity contribution in [2.24, 2.45) is 5.92 Å². The van der Waals surface area contributed by atoms with Crippen LogP contribution in [0, 0.1) is 5.92 Å². The quantitative estimate of drug-likeness (QED) is 0.429. The van der Waals surface area contributed by atoms with Gasteiger partial charge < -0.3 is 4.74 Å². The molecule has 0 saturated heterocycles. The molecule has 0 aliphatic rings. The molecule has 16 heavy (non-hydrogen) atoms. The molecule has 0 N–H and O–H groups in total. The van der Waals surface area contributed by atoms with E-state index in [-0.39, 0.29) is 5.97 Å². The fraction of sp³-hybridized carbons (Fsp3) is 0.357. The summed E-state index contributed by atoms with van der Waals surface area (Å²) in [5.41, 5.74) is 0.539. The van der Waals surface area contributed by atoms with Crippen LogP contribution in [0.5, 0.6) is 5.75 Å². The normalized spacial score (nSPS) is 10.2. The second kappa shape index (κ2) is 6.11. The standard InChI is InChI=1S/C14H18O2/c1-11(2)9-10-12(3)14(15)16-13-7-5-4-6-8-13/h4-8,11H,3,9-10H2,1-2H3. The monoisotopic (exact) mass is 218 g/mol. The predicted molar refractivity (Wildman–Crippen MR) is 65.3 cm³/mol. The highest BCUT2D eigenvalue weighted by Gasteiger charge is 2.09. The lowest BCUT2D eigenvalue weighted by Gasteiger charge is -2.07. The maximum absolute atomic E-state index is 11.6. The molecule has 0 aliphatic heterocycles. The number of hydrogen-bond donors (Lipinski definition) is 0. The lowest BCUT2D eigenvalue weighted by Crippen LogP contribution is -2.10. The number of esters is 1. The second-order valence-electron chi connectivity index (χ2n) is 4.24. The van der Waals surface area contributed by atoms with Gasteiger partial charge in [0.2, 0.25) is 0 Å². The Labute approximate surface area is 96.9 Å². The number of benzene rings is 1. The van der Waals surface area contributed by atoms with E-state index >= 15 is 0 Å². The molecule has 0 atom stereocenters. The number of rotatable bonds is 5. The fourth-order valence-corrected chi connectivity index (χ4v) is 1.23. The molecule has 0 bridgehead atoms. The van der Waals surface area contributed by atoms with E-state index in [0.29, 0.717) is 23.7 Å². The summed E-state index contributed by atoms with van der Waals surface area (Å²) in [6.07, 6.45) is 1.66. The molecule has 0 aromatic heterocycles. The van der Waals surface area contributed by atoms with Gasteiger partial charge in [-0.15, -0.1) is 0 Å². The van der Waals surface area contributed by atoms with Crippen LogP contribution in [0.15, 0.2) is 42.5 Å². The number of ether oxygens (including phenoxy) is 1. The summed E-state index contributed by atoms with van der Waals surface area (Å²) in [6, 6.07) is 9.06. The topological polar surface area (TPSA) is 26.3 Å². The number of hydrogen-bond acceptors (Lipinski definition) is 2.